The fraction of sp³-hybridized carbons (Fsp3) is 0.125. The summed E-state index contributed by atoms with van der Waals surface area (Å²) in [5, 5.41) is 7.80. The SMILES string of the molecule is CCOc1nccc(-c2cc3cn[nH]c3nc2-c2ccco2)n1. The van der Waals surface area contributed by atoms with E-state index in [1.54, 1.807) is 18.7 Å². The number of aromatic amines is 1. The van der Waals surface area contributed by atoms with Crippen molar-refractivity contribution in [3.05, 3.63) is 42.9 Å². The van der Waals surface area contributed by atoms with Crippen LogP contribution in [-0.2, 0) is 0 Å². The molecule has 0 fully saturated rings. The highest BCUT2D eigenvalue weighted by atomic mass is 16.5. The van der Waals surface area contributed by atoms with Crippen molar-refractivity contribution in [1.29, 1.82) is 0 Å². The number of rotatable bonds is 4. The van der Waals surface area contributed by atoms with Gasteiger partial charge in [-0.2, -0.15) is 10.1 Å². The molecule has 1 N–H and O–H groups in total. The Labute approximate surface area is 131 Å². The number of H-pyrrole nitrogens is 1. The summed E-state index contributed by atoms with van der Waals surface area (Å²) in [4.78, 5) is 13.2. The van der Waals surface area contributed by atoms with Crippen LogP contribution in [0, 0.1) is 0 Å². The second kappa shape index (κ2) is 5.53. The standard InChI is InChI=1S/C16H13N5O2/c1-2-22-16-17-6-5-12(19-16)11-8-10-9-18-21-15(10)20-14(11)13-4-3-7-23-13/h3-9H,2H2,1H3,(H,18,20,21). The molecule has 0 atom stereocenters. The number of aromatic nitrogens is 5. The van der Waals surface area contributed by atoms with Crippen molar-refractivity contribution < 1.29 is 9.15 Å². The van der Waals surface area contributed by atoms with Gasteiger partial charge in [-0.25, -0.2) is 9.97 Å². The molecule has 0 aliphatic carbocycles. The molecule has 7 nitrogen and oxygen atoms in total. The fourth-order valence-electron chi connectivity index (χ4n) is 2.37. The number of nitrogens with one attached hydrogen (secondary N) is 1. The molecule has 0 amide bonds. The van der Waals surface area contributed by atoms with Gasteiger partial charge in [0, 0.05) is 17.1 Å². The van der Waals surface area contributed by atoms with Gasteiger partial charge in [0.15, 0.2) is 11.4 Å². The molecular weight excluding hydrogens is 294 g/mol. The highest BCUT2D eigenvalue weighted by Gasteiger charge is 2.16. The van der Waals surface area contributed by atoms with Gasteiger partial charge in [0.25, 0.3) is 0 Å². The third kappa shape index (κ3) is 2.42. The molecule has 0 aliphatic rings. The normalized spacial score (nSPS) is 11.0. The van der Waals surface area contributed by atoms with E-state index in [9.17, 15) is 0 Å². The van der Waals surface area contributed by atoms with Crippen molar-refractivity contribution in [3.63, 3.8) is 0 Å². The van der Waals surface area contributed by atoms with E-state index >= 15 is 0 Å². The van der Waals surface area contributed by atoms with Crippen LogP contribution in [0.4, 0.5) is 0 Å². The van der Waals surface area contributed by atoms with Crippen molar-refractivity contribution >= 4 is 11.0 Å². The van der Waals surface area contributed by atoms with Crippen LogP contribution in [0.5, 0.6) is 6.01 Å². The minimum atomic E-state index is 0.336. The van der Waals surface area contributed by atoms with E-state index in [0.29, 0.717) is 35.4 Å². The van der Waals surface area contributed by atoms with Crippen LogP contribution >= 0.6 is 0 Å². The molecule has 4 rings (SSSR count). The lowest BCUT2D eigenvalue weighted by Crippen LogP contribution is -1.99. The van der Waals surface area contributed by atoms with Crippen molar-refractivity contribution in [2.24, 2.45) is 0 Å². The van der Waals surface area contributed by atoms with Crippen LogP contribution in [0.3, 0.4) is 0 Å². The summed E-state index contributed by atoms with van der Waals surface area (Å²) in [5.74, 6) is 0.660. The third-order valence-electron chi connectivity index (χ3n) is 3.36. The van der Waals surface area contributed by atoms with E-state index < -0.39 is 0 Å². The lowest BCUT2D eigenvalue weighted by Gasteiger charge is -2.08. The number of hydrogen-bond donors (Lipinski definition) is 1. The molecule has 0 aromatic carbocycles. The number of nitrogens with zero attached hydrogens (tertiary/aromatic N) is 4. The van der Waals surface area contributed by atoms with Gasteiger partial charge in [0.05, 0.1) is 24.8 Å². The average molecular weight is 307 g/mol. The van der Waals surface area contributed by atoms with Crippen LogP contribution in [0.15, 0.2) is 47.3 Å². The van der Waals surface area contributed by atoms with E-state index in [0.717, 1.165) is 10.9 Å². The zero-order chi connectivity index (χ0) is 15.6. The molecule has 4 aromatic rings. The van der Waals surface area contributed by atoms with Gasteiger partial charge in [-0.05, 0) is 31.2 Å². The number of ether oxygens (including phenoxy) is 1. The minimum Gasteiger partial charge on any atom is -0.464 e. The Morgan fingerprint density at radius 3 is 3.04 bits per heavy atom. The first-order chi connectivity index (χ1) is 11.3. The molecule has 0 radical (unpaired) electrons. The maximum absolute atomic E-state index is 5.51. The van der Waals surface area contributed by atoms with Gasteiger partial charge in [-0.15, -0.1) is 0 Å². The number of furan rings is 1. The minimum absolute atomic E-state index is 0.336. The van der Waals surface area contributed by atoms with Gasteiger partial charge >= 0.3 is 6.01 Å². The molecular formula is C16H13N5O2. The van der Waals surface area contributed by atoms with Crippen LogP contribution in [0.2, 0.25) is 0 Å². The highest BCUT2D eigenvalue weighted by Crippen LogP contribution is 2.32. The summed E-state index contributed by atoms with van der Waals surface area (Å²) in [7, 11) is 0. The number of pyridine rings is 1. The van der Waals surface area contributed by atoms with Crippen molar-refractivity contribution in [2.45, 2.75) is 6.92 Å². The Hall–Kier alpha value is -3.22. The second-order valence-corrected chi connectivity index (χ2v) is 4.83. The Bertz CT molecular complexity index is 946. The van der Waals surface area contributed by atoms with E-state index in [2.05, 4.69) is 25.1 Å². The summed E-state index contributed by atoms with van der Waals surface area (Å²) < 4.78 is 10.9. The monoisotopic (exact) mass is 307 g/mol. The Balaban J connectivity index is 1.94. The molecule has 23 heavy (non-hydrogen) atoms. The predicted molar refractivity (Wildman–Crippen MR) is 83.8 cm³/mol. The summed E-state index contributed by atoms with van der Waals surface area (Å²) >= 11 is 0. The highest BCUT2D eigenvalue weighted by molar-refractivity contribution is 5.87. The molecule has 0 unspecified atom stereocenters. The summed E-state index contributed by atoms with van der Waals surface area (Å²) in [6.45, 7) is 2.40. The Kier molecular flexibility index (Phi) is 3.23. The first-order valence-electron chi connectivity index (χ1n) is 7.19. The van der Waals surface area contributed by atoms with E-state index in [4.69, 9.17) is 9.15 Å². The van der Waals surface area contributed by atoms with E-state index in [1.165, 1.54) is 0 Å². The van der Waals surface area contributed by atoms with Gasteiger partial charge in [0.1, 0.15) is 5.69 Å². The van der Waals surface area contributed by atoms with Gasteiger partial charge in [0.2, 0.25) is 0 Å². The Morgan fingerprint density at radius 1 is 1.26 bits per heavy atom. The molecule has 4 heterocycles. The molecule has 0 saturated carbocycles. The van der Waals surface area contributed by atoms with Gasteiger partial charge in [-0.3, -0.25) is 5.10 Å². The lowest BCUT2D eigenvalue weighted by atomic mass is 10.1. The van der Waals surface area contributed by atoms with Gasteiger partial charge < -0.3 is 9.15 Å². The van der Waals surface area contributed by atoms with Crippen LogP contribution in [-0.4, -0.2) is 31.8 Å². The second-order valence-electron chi connectivity index (χ2n) is 4.83. The predicted octanol–water partition coefficient (Wildman–Crippen LogP) is 3.07. The van der Waals surface area contributed by atoms with Crippen LogP contribution in [0.1, 0.15) is 6.92 Å². The first-order valence-corrected chi connectivity index (χ1v) is 7.19. The Morgan fingerprint density at radius 2 is 2.22 bits per heavy atom. The zero-order valence-electron chi connectivity index (χ0n) is 12.4. The van der Waals surface area contributed by atoms with E-state index in [1.807, 2.05) is 31.2 Å². The van der Waals surface area contributed by atoms with Crippen molar-refractivity contribution in [1.82, 2.24) is 25.1 Å². The molecule has 0 spiro atoms. The smallest absolute Gasteiger partial charge is 0.316 e. The largest absolute Gasteiger partial charge is 0.464 e. The summed E-state index contributed by atoms with van der Waals surface area (Å²) in [6, 6.07) is 7.81. The molecule has 0 aliphatic heterocycles. The first kappa shape index (κ1) is 13.4. The lowest BCUT2D eigenvalue weighted by molar-refractivity contribution is 0.313. The molecule has 7 heteroatoms. The molecule has 4 aromatic heterocycles. The number of hydrogen-bond acceptors (Lipinski definition) is 6. The quantitative estimate of drug-likeness (QED) is 0.623. The maximum atomic E-state index is 5.51. The van der Waals surface area contributed by atoms with Gasteiger partial charge in [-0.1, -0.05) is 0 Å². The summed E-state index contributed by atoms with van der Waals surface area (Å²) in [6.07, 6.45) is 5.00. The fourth-order valence-corrected chi connectivity index (χ4v) is 2.37. The molecule has 114 valence electrons. The molecule has 0 saturated heterocycles. The average Bonchev–Trinajstić information content (AvgIpc) is 3.25. The number of fused-ring (bicyclic) bond motifs is 1. The van der Waals surface area contributed by atoms with Crippen LogP contribution in [0.25, 0.3) is 33.7 Å². The molecule has 0 bridgehead atoms. The maximum Gasteiger partial charge on any atom is 0.316 e. The van der Waals surface area contributed by atoms with E-state index in [-0.39, 0.29) is 0 Å². The van der Waals surface area contributed by atoms with Crippen molar-refractivity contribution in [3.8, 4) is 28.7 Å². The topological polar surface area (TPSA) is 89.7 Å². The summed E-state index contributed by atoms with van der Waals surface area (Å²) in [5.41, 5.74) is 2.93. The third-order valence-corrected chi connectivity index (χ3v) is 3.36. The zero-order valence-corrected chi connectivity index (χ0v) is 12.4. The van der Waals surface area contributed by atoms with Crippen LogP contribution < -0.4 is 4.74 Å². The van der Waals surface area contributed by atoms with Crippen molar-refractivity contribution in [2.75, 3.05) is 6.61 Å².